The third kappa shape index (κ3) is 5.59. The molecule has 0 aliphatic heterocycles. The molecule has 4 aromatic rings. The van der Waals surface area contributed by atoms with Crippen LogP contribution in [0.25, 0.3) is 5.69 Å². The summed E-state index contributed by atoms with van der Waals surface area (Å²) in [6.45, 7) is -0.175. The number of carbonyl (C=O) groups is 1. The maximum atomic E-state index is 13.4. The van der Waals surface area contributed by atoms with Gasteiger partial charge in [-0.15, -0.1) is 0 Å². The predicted molar refractivity (Wildman–Crippen MR) is 133 cm³/mol. The van der Waals surface area contributed by atoms with E-state index in [4.69, 9.17) is 23.2 Å². The Morgan fingerprint density at radius 1 is 0.971 bits per heavy atom. The first kappa shape index (κ1) is 23.8. The lowest BCUT2D eigenvalue weighted by molar-refractivity contribution is -0.119. The van der Waals surface area contributed by atoms with Crippen molar-refractivity contribution in [2.75, 3.05) is 10.8 Å². The zero-order chi connectivity index (χ0) is 24.1. The maximum absolute atomic E-state index is 13.4. The average molecular weight is 515 g/mol. The highest BCUT2D eigenvalue weighted by Gasteiger charge is 2.27. The van der Waals surface area contributed by atoms with Crippen LogP contribution in [0.5, 0.6) is 0 Å². The molecule has 1 amide bonds. The van der Waals surface area contributed by atoms with Gasteiger partial charge in [0.1, 0.15) is 6.54 Å². The van der Waals surface area contributed by atoms with E-state index in [1.54, 1.807) is 30.7 Å². The van der Waals surface area contributed by atoms with Gasteiger partial charge in [0.15, 0.2) is 0 Å². The normalized spacial score (nSPS) is 11.2. The molecule has 34 heavy (non-hydrogen) atoms. The molecule has 10 heteroatoms. The number of rotatable bonds is 8. The van der Waals surface area contributed by atoms with E-state index < -0.39 is 22.5 Å². The van der Waals surface area contributed by atoms with Crippen molar-refractivity contribution < 1.29 is 13.2 Å². The molecule has 0 fully saturated rings. The van der Waals surface area contributed by atoms with Gasteiger partial charge in [0, 0.05) is 34.7 Å². The summed E-state index contributed by atoms with van der Waals surface area (Å²) < 4.78 is 29.6. The second-order valence-corrected chi connectivity index (χ2v) is 10.1. The molecular weight excluding hydrogens is 495 g/mol. The lowest BCUT2D eigenvalue weighted by atomic mass is 10.2. The SMILES string of the molecule is O=C(CN(c1cccc(Cl)c1)S(=O)(=O)c1ccc(Cl)cc1)NCc1ccc(-n2ccnc2)cc1. The molecule has 0 atom stereocenters. The largest absolute Gasteiger partial charge is 0.350 e. The van der Waals surface area contributed by atoms with Crippen LogP contribution in [0, 0.1) is 0 Å². The van der Waals surface area contributed by atoms with Crippen LogP contribution in [-0.2, 0) is 21.4 Å². The summed E-state index contributed by atoms with van der Waals surface area (Å²) in [5.41, 5.74) is 2.09. The molecule has 174 valence electrons. The van der Waals surface area contributed by atoms with Crippen LogP contribution in [0.3, 0.4) is 0 Å². The van der Waals surface area contributed by atoms with Gasteiger partial charge in [-0.2, -0.15) is 0 Å². The van der Waals surface area contributed by atoms with E-state index in [0.29, 0.717) is 10.0 Å². The Morgan fingerprint density at radius 3 is 2.35 bits per heavy atom. The predicted octanol–water partition coefficient (Wildman–Crippen LogP) is 4.69. The van der Waals surface area contributed by atoms with Crippen molar-refractivity contribution in [3.63, 3.8) is 0 Å². The maximum Gasteiger partial charge on any atom is 0.264 e. The van der Waals surface area contributed by atoms with E-state index >= 15 is 0 Å². The van der Waals surface area contributed by atoms with Crippen molar-refractivity contribution in [2.24, 2.45) is 0 Å². The number of hydrogen-bond acceptors (Lipinski definition) is 4. The molecule has 0 bridgehead atoms. The molecule has 1 N–H and O–H groups in total. The van der Waals surface area contributed by atoms with E-state index in [0.717, 1.165) is 15.6 Å². The Labute approximate surface area is 207 Å². The fourth-order valence-corrected chi connectivity index (χ4v) is 4.99. The molecule has 0 radical (unpaired) electrons. The second kappa shape index (κ2) is 10.3. The zero-order valence-corrected chi connectivity index (χ0v) is 20.1. The van der Waals surface area contributed by atoms with E-state index in [1.165, 1.54) is 30.3 Å². The van der Waals surface area contributed by atoms with Crippen molar-refractivity contribution in [3.8, 4) is 5.69 Å². The van der Waals surface area contributed by atoms with E-state index in [2.05, 4.69) is 10.3 Å². The molecular formula is C24H20Cl2N4O3S. The molecule has 0 aliphatic carbocycles. The van der Waals surface area contributed by atoms with Gasteiger partial charge in [-0.1, -0.05) is 41.4 Å². The number of benzene rings is 3. The van der Waals surface area contributed by atoms with Gasteiger partial charge in [0.25, 0.3) is 10.0 Å². The molecule has 0 saturated heterocycles. The lowest BCUT2D eigenvalue weighted by Crippen LogP contribution is -2.40. The van der Waals surface area contributed by atoms with Gasteiger partial charge in [-0.3, -0.25) is 9.10 Å². The first-order valence-corrected chi connectivity index (χ1v) is 12.4. The van der Waals surface area contributed by atoms with Crippen LogP contribution in [-0.4, -0.2) is 30.4 Å². The molecule has 0 saturated carbocycles. The smallest absolute Gasteiger partial charge is 0.264 e. The van der Waals surface area contributed by atoms with Crippen molar-refractivity contribution >= 4 is 44.8 Å². The molecule has 3 aromatic carbocycles. The van der Waals surface area contributed by atoms with Gasteiger partial charge in [-0.25, -0.2) is 13.4 Å². The van der Waals surface area contributed by atoms with E-state index in [1.807, 2.05) is 35.0 Å². The van der Waals surface area contributed by atoms with Crippen LogP contribution in [0.2, 0.25) is 10.0 Å². The summed E-state index contributed by atoms with van der Waals surface area (Å²) in [5, 5.41) is 3.54. The summed E-state index contributed by atoms with van der Waals surface area (Å²) in [6.07, 6.45) is 5.22. The zero-order valence-electron chi connectivity index (χ0n) is 17.8. The Kier molecular flexibility index (Phi) is 7.21. The first-order valence-electron chi connectivity index (χ1n) is 10.2. The van der Waals surface area contributed by atoms with E-state index in [-0.39, 0.29) is 17.1 Å². The summed E-state index contributed by atoms with van der Waals surface area (Å²) in [6, 6.07) is 19.7. The van der Waals surface area contributed by atoms with Crippen molar-refractivity contribution in [2.45, 2.75) is 11.4 Å². The van der Waals surface area contributed by atoms with Gasteiger partial charge in [-0.05, 0) is 60.2 Å². The molecule has 7 nitrogen and oxygen atoms in total. The fourth-order valence-electron chi connectivity index (χ4n) is 3.26. The molecule has 0 unspecified atom stereocenters. The highest BCUT2D eigenvalue weighted by molar-refractivity contribution is 7.92. The molecule has 1 aromatic heterocycles. The summed E-state index contributed by atoms with van der Waals surface area (Å²) >= 11 is 12.0. The minimum absolute atomic E-state index is 0.0137. The Balaban J connectivity index is 1.51. The number of halogens is 2. The van der Waals surface area contributed by atoms with Crippen LogP contribution >= 0.6 is 23.2 Å². The number of carbonyl (C=O) groups excluding carboxylic acids is 1. The number of aromatic nitrogens is 2. The van der Waals surface area contributed by atoms with Crippen LogP contribution in [0.15, 0.2) is 96.4 Å². The number of imidazole rings is 1. The summed E-state index contributed by atoms with van der Waals surface area (Å²) in [7, 11) is -4.05. The van der Waals surface area contributed by atoms with Gasteiger partial charge in [0.05, 0.1) is 16.9 Å². The van der Waals surface area contributed by atoms with Crippen LogP contribution in [0.4, 0.5) is 5.69 Å². The highest BCUT2D eigenvalue weighted by atomic mass is 35.5. The molecule has 4 rings (SSSR count). The number of hydrogen-bond donors (Lipinski definition) is 1. The van der Waals surface area contributed by atoms with Gasteiger partial charge in [0.2, 0.25) is 5.91 Å². The lowest BCUT2D eigenvalue weighted by Gasteiger charge is -2.24. The van der Waals surface area contributed by atoms with Crippen molar-refractivity contribution in [3.05, 3.63) is 107 Å². The highest BCUT2D eigenvalue weighted by Crippen LogP contribution is 2.26. The molecule has 1 heterocycles. The van der Waals surface area contributed by atoms with Crippen LogP contribution < -0.4 is 9.62 Å². The number of anilines is 1. The Hall–Kier alpha value is -3.33. The minimum Gasteiger partial charge on any atom is -0.350 e. The monoisotopic (exact) mass is 514 g/mol. The second-order valence-electron chi connectivity index (χ2n) is 7.36. The van der Waals surface area contributed by atoms with E-state index in [9.17, 15) is 13.2 Å². The molecule has 0 aliphatic rings. The first-order chi connectivity index (χ1) is 16.3. The van der Waals surface area contributed by atoms with Crippen LogP contribution in [0.1, 0.15) is 5.56 Å². The third-order valence-electron chi connectivity index (χ3n) is 5.01. The minimum atomic E-state index is -4.05. The summed E-state index contributed by atoms with van der Waals surface area (Å²) in [5.74, 6) is -0.462. The van der Waals surface area contributed by atoms with Crippen molar-refractivity contribution in [1.29, 1.82) is 0 Å². The number of amides is 1. The van der Waals surface area contributed by atoms with Gasteiger partial charge >= 0.3 is 0 Å². The van der Waals surface area contributed by atoms with Crippen molar-refractivity contribution in [1.82, 2.24) is 14.9 Å². The topological polar surface area (TPSA) is 84.3 Å². The number of sulfonamides is 1. The average Bonchev–Trinajstić information content (AvgIpc) is 3.37. The quantitative estimate of drug-likeness (QED) is 0.369. The van der Waals surface area contributed by atoms with Gasteiger partial charge < -0.3 is 9.88 Å². The third-order valence-corrected chi connectivity index (χ3v) is 7.29. The fraction of sp³-hybridized carbons (Fsp3) is 0.0833. The number of nitrogens with one attached hydrogen (secondary N) is 1. The summed E-state index contributed by atoms with van der Waals surface area (Å²) in [4.78, 5) is 16.8. The number of nitrogens with zero attached hydrogens (tertiary/aromatic N) is 3. The standard InChI is InChI=1S/C24H20Cl2N4O3S/c25-19-6-10-23(11-7-19)34(32,33)30(22-3-1-2-20(26)14-22)16-24(31)28-15-18-4-8-21(9-5-18)29-13-12-27-17-29/h1-14,17H,15-16H2,(H,28,31). The Bertz CT molecular complexity index is 1370. The molecule has 0 spiro atoms. The Morgan fingerprint density at radius 2 is 1.71 bits per heavy atom.